The van der Waals surface area contributed by atoms with Crippen LogP contribution in [-0.4, -0.2) is 13.4 Å². The van der Waals surface area contributed by atoms with E-state index in [1.165, 1.54) is 6.07 Å². The van der Waals surface area contributed by atoms with E-state index < -0.39 is 10.0 Å². The summed E-state index contributed by atoms with van der Waals surface area (Å²) >= 11 is 0. The highest BCUT2D eigenvalue weighted by Crippen LogP contribution is 2.20. The van der Waals surface area contributed by atoms with Crippen molar-refractivity contribution in [2.75, 3.05) is 0 Å². The Labute approximate surface area is 125 Å². The first-order valence-electron chi connectivity index (χ1n) is 6.75. The summed E-state index contributed by atoms with van der Waals surface area (Å²) in [6.07, 6.45) is 4.38. The van der Waals surface area contributed by atoms with E-state index in [1.807, 2.05) is 25.1 Å². The van der Waals surface area contributed by atoms with Gasteiger partial charge < -0.3 is 5.32 Å². The van der Waals surface area contributed by atoms with Crippen LogP contribution in [0.3, 0.4) is 0 Å². The number of pyridine rings is 1. The lowest BCUT2D eigenvalue weighted by molar-refractivity contribution is 0.517. The van der Waals surface area contributed by atoms with E-state index in [0.29, 0.717) is 6.54 Å². The van der Waals surface area contributed by atoms with Crippen LogP contribution in [0.5, 0.6) is 0 Å². The maximum absolute atomic E-state index is 11.4. The highest BCUT2D eigenvalue weighted by Gasteiger charge is 2.13. The molecule has 21 heavy (non-hydrogen) atoms. The summed E-state index contributed by atoms with van der Waals surface area (Å²) in [5.41, 5.74) is 1.99. The van der Waals surface area contributed by atoms with E-state index in [9.17, 15) is 8.42 Å². The van der Waals surface area contributed by atoms with Gasteiger partial charge in [-0.05, 0) is 35.7 Å². The standard InChI is InChI=1S/C15H19N3O2S/c1-2-15(18-11-12-5-4-8-17-10-12)13-6-3-7-14(9-13)21(16,19)20/h3-10,15,18H,2,11H2,1H3,(H2,16,19,20). The van der Waals surface area contributed by atoms with Crippen LogP contribution in [0.2, 0.25) is 0 Å². The smallest absolute Gasteiger partial charge is 0.238 e. The quantitative estimate of drug-likeness (QED) is 0.854. The number of nitrogens with zero attached hydrogens (tertiary/aromatic N) is 1. The molecule has 0 saturated carbocycles. The van der Waals surface area contributed by atoms with E-state index in [0.717, 1.165) is 17.5 Å². The molecule has 1 unspecified atom stereocenters. The van der Waals surface area contributed by atoms with Gasteiger partial charge in [-0.15, -0.1) is 0 Å². The number of aromatic nitrogens is 1. The number of hydrogen-bond donors (Lipinski definition) is 2. The molecule has 112 valence electrons. The molecule has 0 bridgehead atoms. The van der Waals surface area contributed by atoms with Gasteiger partial charge in [-0.1, -0.05) is 25.1 Å². The maximum atomic E-state index is 11.4. The molecule has 0 amide bonds. The van der Waals surface area contributed by atoms with Gasteiger partial charge in [0.1, 0.15) is 0 Å². The Morgan fingerprint density at radius 3 is 2.71 bits per heavy atom. The van der Waals surface area contributed by atoms with Gasteiger partial charge in [-0.3, -0.25) is 4.98 Å². The molecule has 5 nitrogen and oxygen atoms in total. The van der Waals surface area contributed by atoms with Gasteiger partial charge in [-0.25, -0.2) is 13.6 Å². The van der Waals surface area contributed by atoms with Gasteiger partial charge in [0.25, 0.3) is 0 Å². The zero-order valence-electron chi connectivity index (χ0n) is 11.9. The molecule has 6 heteroatoms. The minimum absolute atomic E-state index is 0.0620. The van der Waals surface area contributed by atoms with E-state index in [4.69, 9.17) is 5.14 Å². The SMILES string of the molecule is CCC(NCc1cccnc1)c1cccc(S(N)(=O)=O)c1. The zero-order chi connectivity index (χ0) is 15.3. The molecule has 0 aliphatic heterocycles. The molecule has 1 heterocycles. The van der Waals surface area contributed by atoms with Gasteiger partial charge in [0.2, 0.25) is 10.0 Å². The first-order chi connectivity index (χ1) is 10.0. The van der Waals surface area contributed by atoms with Gasteiger partial charge in [0, 0.05) is 25.0 Å². The molecule has 3 N–H and O–H groups in total. The predicted octanol–water partition coefficient (Wildman–Crippen LogP) is 1.97. The van der Waals surface area contributed by atoms with Crippen molar-refractivity contribution in [3.05, 3.63) is 59.9 Å². The molecule has 0 spiro atoms. The number of benzene rings is 1. The summed E-state index contributed by atoms with van der Waals surface area (Å²) in [7, 11) is -3.67. The minimum Gasteiger partial charge on any atom is -0.306 e. The molecular formula is C15H19N3O2S. The van der Waals surface area contributed by atoms with Crippen LogP contribution >= 0.6 is 0 Å². The fourth-order valence-corrected chi connectivity index (χ4v) is 2.72. The van der Waals surface area contributed by atoms with Crippen molar-refractivity contribution in [1.82, 2.24) is 10.3 Å². The number of nitrogens with one attached hydrogen (secondary N) is 1. The lowest BCUT2D eigenvalue weighted by Crippen LogP contribution is -2.21. The molecule has 0 aliphatic rings. The van der Waals surface area contributed by atoms with Crippen molar-refractivity contribution in [3.8, 4) is 0 Å². The van der Waals surface area contributed by atoms with Crippen LogP contribution in [0.1, 0.15) is 30.5 Å². The molecule has 1 atom stereocenters. The average molecular weight is 305 g/mol. The van der Waals surface area contributed by atoms with Crippen LogP contribution in [-0.2, 0) is 16.6 Å². The van der Waals surface area contributed by atoms with Crippen LogP contribution in [0, 0.1) is 0 Å². The first kappa shape index (κ1) is 15.6. The molecule has 2 rings (SSSR count). The summed E-state index contributed by atoms with van der Waals surface area (Å²) in [5, 5.41) is 8.58. The second-order valence-corrected chi connectivity index (χ2v) is 6.38. The van der Waals surface area contributed by atoms with Gasteiger partial charge in [0.15, 0.2) is 0 Å². The van der Waals surface area contributed by atoms with Crippen molar-refractivity contribution in [2.24, 2.45) is 5.14 Å². The number of hydrogen-bond acceptors (Lipinski definition) is 4. The molecule has 1 aromatic heterocycles. The third kappa shape index (κ3) is 4.35. The Kier molecular flexibility index (Phi) is 5.06. The molecule has 1 aromatic carbocycles. The fourth-order valence-electron chi connectivity index (χ4n) is 2.15. The number of sulfonamides is 1. The van der Waals surface area contributed by atoms with E-state index in [2.05, 4.69) is 10.3 Å². The number of primary sulfonamides is 1. The third-order valence-electron chi connectivity index (χ3n) is 3.27. The second-order valence-electron chi connectivity index (χ2n) is 4.82. The Balaban J connectivity index is 2.14. The normalized spacial score (nSPS) is 13.0. The first-order valence-corrected chi connectivity index (χ1v) is 8.30. The van der Waals surface area contributed by atoms with Crippen LogP contribution < -0.4 is 10.5 Å². The zero-order valence-corrected chi connectivity index (χ0v) is 12.7. The van der Waals surface area contributed by atoms with Gasteiger partial charge in [0.05, 0.1) is 4.90 Å². The Hall–Kier alpha value is -1.76. The summed E-state index contributed by atoms with van der Waals surface area (Å²) in [6.45, 7) is 2.72. The van der Waals surface area contributed by atoms with Crippen LogP contribution in [0.15, 0.2) is 53.7 Å². The highest BCUT2D eigenvalue weighted by atomic mass is 32.2. The van der Waals surface area contributed by atoms with Crippen molar-refractivity contribution in [2.45, 2.75) is 30.8 Å². The lowest BCUT2D eigenvalue weighted by atomic mass is 10.0. The predicted molar refractivity (Wildman–Crippen MR) is 81.9 cm³/mol. The Morgan fingerprint density at radius 2 is 2.10 bits per heavy atom. The summed E-state index contributed by atoms with van der Waals surface area (Å²) < 4.78 is 22.8. The van der Waals surface area contributed by atoms with Crippen molar-refractivity contribution in [3.63, 3.8) is 0 Å². The van der Waals surface area contributed by atoms with Crippen molar-refractivity contribution >= 4 is 10.0 Å². The second kappa shape index (κ2) is 6.80. The van der Waals surface area contributed by atoms with Crippen LogP contribution in [0.4, 0.5) is 0 Å². The van der Waals surface area contributed by atoms with Gasteiger partial charge in [-0.2, -0.15) is 0 Å². The lowest BCUT2D eigenvalue weighted by Gasteiger charge is -2.18. The van der Waals surface area contributed by atoms with Gasteiger partial charge >= 0.3 is 0 Å². The molecular weight excluding hydrogens is 286 g/mol. The molecule has 0 radical (unpaired) electrons. The fraction of sp³-hybridized carbons (Fsp3) is 0.267. The average Bonchev–Trinajstić information content (AvgIpc) is 2.48. The van der Waals surface area contributed by atoms with Crippen molar-refractivity contribution in [1.29, 1.82) is 0 Å². The maximum Gasteiger partial charge on any atom is 0.238 e. The monoisotopic (exact) mass is 305 g/mol. The minimum atomic E-state index is -3.67. The molecule has 0 saturated heterocycles. The van der Waals surface area contributed by atoms with E-state index in [1.54, 1.807) is 24.5 Å². The van der Waals surface area contributed by atoms with E-state index in [-0.39, 0.29) is 10.9 Å². The molecule has 2 aromatic rings. The molecule has 0 fully saturated rings. The number of rotatable bonds is 6. The Morgan fingerprint density at radius 1 is 1.29 bits per heavy atom. The molecule has 0 aliphatic carbocycles. The third-order valence-corrected chi connectivity index (χ3v) is 4.18. The van der Waals surface area contributed by atoms with E-state index >= 15 is 0 Å². The number of nitrogens with two attached hydrogens (primary N) is 1. The summed E-state index contributed by atoms with van der Waals surface area (Å²) in [6, 6.07) is 10.7. The van der Waals surface area contributed by atoms with Crippen molar-refractivity contribution < 1.29 is 8.42 Å². The topological polar surface area (TPSA) is 85.1 Å². The summed E-state index contributed by atoms with van der Waals surface area (Å²) in [5.74, 6) is 0. The Bertz CT molecular complexity index is 687. The largest absolute Gasteiger partial charge is 0.306 e. The highest BCUT2D eigenvalue weighted by molar-refractivity contribution is 7.89. The van der Waals surface area contributed by atoms with Crippen LogP contribution in [0.25, 0.3) is 0 Å². The summed E-state index contributed by atoms with van der Waals surface area (Å²) in [4.78, 5) is 4.21.